The topological polar surface area (TPSA) is 64.7 Å². The zero-order valence-corrected chi connectivity index (χ0v) is 8.69. The number of nitrogens with two attached hydrogens (primary N) is 1. The Hall–Kier alpha value is -1.26. The van der Waals surface area contributed by atoms with Gasteiger partial charge in [0, 0.05) is 12.6 Å². The third-order valence-electron chi connectivity index (χ3n) is 2.67. The second-order valence-corrected chi connectivity index (χ2v) is 3.63. The van der Waals surface area contributed by atoms with Gasteiger partial charge < -0.3 is 20.3 Å². The Balaban J connectivity index is 2.33. The van der Waals surface area contributed by atoms with Gasteiger partial charge >= 0.3 is 0 Å². The summed E-state index contributed by atoms with van der Waals surface area (Å²) in [5.41, 5.74) is 7.96. The highest BCUT2D eigenvalue weighted by Gasteiger charge is 2.20. The average Bonchev–Trinajstić information content (AvgIpc) is 2.67. The largest absolute Gasteiger partial charge is 0.454 e. The fourth-order valence-corrected chi connectivity index (χ4v) is 1.82. The maximum Gasteiger partial charge on any atom is 0.231 e. The van der Waals surface area contributed by atoms with Crippen molar-refractivity contribution in [1.82, 2.24) is 0 Å². The predicted octanol–water partition coefficient (Wildman–Crippen LogP) is 1.11. The van der Waals surface area contributed by atoms with Gasteiger partial charge in [0.05, 0.1) is 0 Å². The van der Waals surface area contributed by atoms with Crippen LogP contribution in [0.15, 0.2) is 12.1 Å². The third-order valence-corrected chi connectivity index (χ3v) is 2.67. The maximum absolute atomic E-state index is 8.85. The summed E-state index contributed by atoms with van der Waals surface area (Å²) in [6.07, 6.45) is 0.556. The first kappa shape index (κ1) is 10.3. The molecule has 0 saturated heterocycles. The van der Waals surface area contributed by atoms with E-state index in [1.54, 1.807) is 0 Å². The molecule has 1 heterocycles. The Morgan fingerprint density at radius 2 is 2.27 bits per heavy atom. The van der Waals surface area contributed by atoms with Gasteiger partial charge in [-0.1, -0.05) is 6.07 Å². The molecule has 3 N–H and O–H groups in total. The minimum atomic E-state index is -0.149. The fraction of sp³-hybridized carbons (Fsp3) is 0.455. The van der Waals surface area contributed by atoms with Gasteiger partial charge in [0.25, 0.3) is 0 Å². The molecule has 0 spiro atoms. The van der Waals surface area contributed by atoms with Crippen LogP contribution in [0, 0.1) is 6.92 Å². The van der Waals surface area contributed by atoms with Gasteiger partial charge in [-0.15, -0.1) is 0 Å². The van der Waals surface area contributed by atoms with E-state index < -0.39 is 0 Å². The normalized spacial score (nSPS) is 15.4. The van der Waals surface area contributed by atoms with Crippen LogP contribution in [0.3, 0.4) is 0 Å². The van der Waals surface area contributed by atoms with Gasteiger partial charge in [-0.3, -0.25) is 0 Å². The molecular formula is C11H15NO3. The number of fused-ring (bicyclic) bond motifs is 1. The second kappa shape index (κ2) is 4.08. The molecule has 2 rings (SSSR count). The molecule has 1 aromatic rings. The molecule has 15 heavy (non-hydrogen) atoms. The van der Waals surface area contributed by atoms with Gasteiger partial charge in [0.15, 0.2) is 11.5 Å². The van der Waals surface area contributed by atoms with Crippen LogP contribution in [0.25, 0.3) is 0 Å². The molecule has 1 aliphatic heterocycles. The summed E-state index contributed by atoms with van der Waals surface area (Å²) in [7, 11) is 0. The van der Waals surface area contributed by atoms with Crippen LogP contribution in [0.5, 0.6) is 11.5 Å². The predicted molar refractivity (Wildman–Crippen MR) is 55.9 cm³/mol. The third kappa shape index (κ3) is 1.78. The summed E-state index contributed by atoms with van der Waals surface area (Å²) >= 11 is 0. The van der Waals surface area contributed by atoms with Crippen LogP contribution in [0.4, 0.5) is 0 Å². The Morgan fingerprint density at radius 3 is 3.00 bits per heavy atom. The molecule has 4 heteroatoms. The minimum Gasteiger partial charge on any atom is -0.454 e. The van der Waals surface area contributed by atoms with Gasteiger partial charge in [-0.05, 0) is 30.5 Å². The Labute approximate surface area is 88.6 Å². The standard InChI is InChI=1S/C11H15NO3/c1-7-8(9(12)4-5-13)2-3-10-11(7)15-6-14-10/h2-3,9,13H,4-6,12H2,1H3. The molecule has 0 amide bonds. The highest BCUT2D eigenvalue weighted by atomic mass is 16.7. The van der Waals surface area contributed by atoms with Crippen LogP contribution in [-0.4, -0.2) is 18.5 Å². The summed E-state index contributed by atoms with van der Waals surface area (Å²) in [4.78, 5) is 0. The van der Waals surface area contributed by atoms with Crippen molar-refractivity contribution >= 4 is 0 Å². The molecule has 1 aliphatic rings. The fourth-order valence-electron chi connectivity index (χ4n) is 1.82. The summed E-state index contributed by atoms with van der Waals surface area (Å²) in [6.45, 7) is 2.32. The zero-order chi connectivity index (χ0) is 10.8. The molecule has 1 aromatic carbocycles. The highest BCUT2D eigenvalue weighted by Crippen LogP contribution is 2.38. The van der Waals surface area contributed by atoms with E-state index in [2.05, 4.69) is 0 Å². The van der Waals surface area contributed by atoms with E-state index in [1.165, 1.54) is 0 Å². The SMILES string of the molecule is Cc1c(C(N)CCO)ccc2c1OCO2. The maximum atomic E-state index is 8.85. The van der Waals surface area contributed by atoms with E-state index >= 15 is 0 Å². The van der Waals surface area contributed by atoms with Crippen molar-refractivity contribution in [3.8, 4) is 11.5 Å². The van der Waals surface area contributed by atoms with Crippen molar-refractivity contribution in [2.45, 2.75) is 19.4 Å². The zero-order valence-electron chi connectivity index (χ0n) is 8.69. The molecule has 0 aliphatic carbocycles. The quantitative estimate of drug-likeness (QED) is 0.782. The molecule has 82 valence electrons. The Morgan fingerprint density at radius 1 is 1.47 bits per heavy atom. The number of hydrogen-bond donors (Lipinski definition) is 2. The molecule has 0 aromatic heterocycles. The van der Waals surface area contributed by atoms with Gasteiger partial charge in [-0.2, -0.15) is 0 Å². The Bertz CT molecular complexity index is 365. The number of aliphatic hydroxyl groups is 1. The van der Waals surface area contributed by atoms with Crippen LogP contribution >= 0.6 is 0 Å². The first-order valence-corrected chi connectivity index (χ1v) is 4.99. The molecule has 0 bridgehead atoms. The van der Waals surface area contributed by atoms with Crippen molar-refractivity contribution in [3.63, 3.8) is 0 Å². The monoisotopic (exact) mass is 209 g/mol. The summed E-state index contributed by atoms with van der Waals surface area (Å²) in [5, 5.41) is 8.85. The lowest BCUT2D eigenvalue weighted by Crippen LogP contribution is -2.13. The van der Waals surface area contributed by atoms with Crippen LogP contribution in [-0.2, 0) is 0 Å². The summed E-state index contributed by atoms with van der Waals surface area (Å²) < 4.78 is 10.6. The second-order valence-electron chi connectivity index (χ2n) is 3.63. The first-order chi connectivity index (χ1) is 7.24. The van der Waals surface area contributed by atoms with Crippen molar-refractivity contribution < 1.29 is 14.6 Å². The van der Waals surface area contributed by atoms with Gasteiger partial charge in [0.1, 0.15) is 0 Å². The van der Waals surface area contributed by atoms with E-state index in [4.69, 9.17) is 20.3 Å². The van der Waals surface area contributed by atoms with E-state index in [9.17, 15) is 0 Å². The highest BCUT2D eigenvalue weighted by molar-refractivity contribution is 5.52. The lowest BCUT2D eigenvalue weighted by molar-refractivity contribution is 0.173. The van der Waals surface area contributed by atoms with Crippen LogP contribution in [0.1, 0.15) is 23.6 Å². The van der Waals surface area contributed by atoms with Gasteiger partial charge in [0.2, 0.25) is 6.79 Å². The summed E-state index contributed by atoms with van der Waals surface area (Å²) in [6, 6.07) is 3.65. The molecule has 4 nitrogen and oxygen atoms in total. The molecule has 0 saturated carbocycles. The van der Waals surface area contributed by atoms with E-state index in [1.807, 2.05) is 19.1 Å². The van der Waals surface area contributed by atoms with Crippen molar-refractivity contribution in [2.24, 2.45) is 5.73 Å². The number of aliphatic hydroxyl groups excluding tert-OH is 1. The molecule has 0 radical (unpaired) electrons. The van der Waals surface area contributed by atoms with Crippen LogP contribution in [0.2, 0.25) is 0 Å². The molecule has 1 unspecified atom stereocenters. The summed E-state index contributed by atoms with van der Waals surface area (Å²) in [5.74, 6) is 1.55. The lowest BCUT2D eigenvalue weighted by Gasteiger charge is -2.14. The number of benzene rings is 1. The first-order valence-electron chi connectivity index (χ1n) is 4.99. The van der Waals surface area contributed by atoms with E-state index in [0.717, 1.165) is 22.6 Å². The average molecular weight is 209 g/mol. The van der Waals surface area contributed by atoms with Crippen molar-refractivity contribution in [3.05, 3.63) is 23.3 Å². The molecular weight excluding hydrogens is 194 g/mol. The van der Waals surface area contributed by atoms with E-state index in [0.29, 0.717) is 6.42 Å². The van der Waals surface area contributed by atoms with Crippen LogP contribution < -0.4 is 15.2 Å². The Kier molecular flexibility index (Phi) is 2.79. The van der Waals surface area contributed by atoms with Crippen molar-refractivity contribution in [1.29, 1.82) is 0 Å². The van der Waals surface area contributed by atoms with Gasteiger partial charge in [-0.25, -0.2) is 0 Å². The smallest absolute Gasteiger partial charge is 0.231 e. The van der Waals surface area contributed by atoms with Crippen molar-refractivity contribution in [2.75, 3.05) is 13.4 Å². The molecule has 0 fully saturated rings. The number of rotatable bonds is 3. The minimum absolute atomic E-state index is 0.0923. The number of hydrogen-bond acceptors (Lipinski definition) is 4. The van der Waals surface area contributed by atoms with E-state index in [-0.39, 0.29) is 19.4 Å². The molecule has 1 atom stereocenters. The lowest BCUT2D eigenvalue weighted by atomic mass is 9.98. The number of ether oxygens (including phenoxy) is 2.